The molecular weight excluding hydrogens is 352 g/mol. The van der Waals surface area contributed by atoms with Crippen molar-refractivity contribution in [3.63, 3.8) is 0 Å². The molecule has 14 heteroatoms. The topological polar surface area (TPSA) is 167 Å². The van der Waals surface area contributed by atoms with Crippen molar-refractivity contribution in [2.24, 2.45) is 0 Å². The smallest absolute Gasteiger partial charge is 0.455 e. The number of rotatable bonds is 11. The summed E-state index contributed by atoms with van der Waals surface area (Å²) in [4.78, 5) is 42.2. The van der Waals surface area contributed by atoms with Gasteiger partial charge >= 0.3 is 32.7 Å². The van der Waals surface area contributed by atoms with Gasteiger partial charge in [0.2, 0.25) is 0 Å². The Hall–Kier alpha value is 0.160. The number of hydrogen-bond donors (Lipinski definition) is 0. The third kappa shape index (κ3) is 8.45. The van der Waals surface area contributed by atoms with Crippen LogP contribution in [0.5, 0.6) is 0 Å². The Kier molecular flexibility index (Phi) is 10.9. The van der Waals surface area contributed by atoms with E-state index in [1.165, 1.54) is 0 Å². The van der Waals surface area contributed by atoms with Crippen LogP contribution in [-0.2, 0) is 18.3 Å². The van der Waals surface area contributed by atoms with Gasteiger partial charge in [0, 0.05) is 0 Å². The van der Waals surface area contributed by atoms with Gasteiger partial charge in [-0.05, 0) is 31.1 Å². The molecule has 0 saturated heterocycles. The van der Waals surface area contributed by atoms with E-state index in [2.05, 4.69) is 0 Å². The largest absolute Gasteiger partial charge is 0.575 e. The quantitative estimate of drug-likeness (QED) is 0.335. The fourth-order valence-electron chi connectivity index (χ4n) is 1.31. The second-order valence-electron chi connectivity index (χ2n) is 3.56. The first-order valence-corrected chi connectivity index (χ1v) is 9.91. The highest BCUT2D eigenvalue weighted by Gasteiger charge is 2.31. The van der Waals surface area contributed by atoms with Crippen LogP contribution in [0.1, 0.15) is 25.7 Å². The Labute approximate surface area is 119 Å². The average molecular weight is 364 g/mol. The van der Waals surface area contributed by atoms with Crippen LogP contribution in [0.15, 0.2) is 0 Å². The monoisotopic (exact) mass is 364 g/mol. The molecule has 4 unspecified atom stereocenters. The van der Waals surface area contributed by atoms with Gasteiger partial charge in [-0.2, -0.15) is 0 Å². The second kappa shape index (κ2) is 10.8. The van der Waals surface area contributed by atoms with Crippen LogP contribution in [-0.4, -0.2) is 22.0 Å². The van der Waals surface area contributed by atoms with E-state index >= 15 is 0 Å². The Morgan fingerprint density at radius 1 is 0.550 bits per heavy atom. The van der Waals surface area contributed by atoms with Crippen LogP contribution in [0.3, 0.4) is 0 Å². The van der Waals surface area contributed by atoms with Crippen LogP contribution in [0.4, 0.5) is 0 Å². The zero-order valence-electron chi connectivity index (χ0n) is 10.2. The zero-order valence-corrected chi connectivity index (χ0v) is 13.8. The third-order valence-corrected chi connectivity index (χ3v) is 6.28. The lowest BCUT2D eigenvalue weighted by atomic mass is 10.2. The minimum Gasteiger partial charge on any atom is -0.575 e. The van der Waals surface area contributed by atoms with Crippen molar-refractivity contribution in [1.29, 1.82) is 0 Å². The van der Waals surface area contributed by atoms with Crippen molar-refractivity contribution in [2.75, 3.05) is 13.1 Å². The summed E-state index contributed by atoms with van der Waals surface area (Å²) >= 11 is 0. The minimum absolute atomic E-state index is 0.174. The van der Waals surface area contributed by atoms with Crippen molar-refractivity contribution in [3.8, 4) is 0 Å². The Morgan fingerprint density at radius 3 is 1.00 bits per heavy atom. The molecule has 0 spiro atoms. The molecule has 0 radical (unpaired) electrons. The fraction of sp³-hybridized carbons (Fsp3) is 1.00. The van der Waals surface area contributed by atoms with Crippen LogP contribution in [0.2, 0.25) is 0 Å². The SMILES string of the molecule is O=[P+]([O-])N(CCCCCCN([P+](=O)[O-])[P+](=O)[O-])[P+](=O)[O-]. The van der Waals surface area contributed by atoms with E-state index in [1.54, 1.807) is 0 Å². The second-order valence-corrected chi connectivity index (χ2v) is 8.02. The number of hydrogen-bond acceptors (Lipinski definition) is 8. The predicted octanol–water partition coefficient (Wildman–Crippen LogP) is -0.778. The Balaban J connectivity index is 3.87. The molecule has 0 heterocycles. The lowest BCUT2D eigenvalue weighted by Crippen LogP contribution is -2.18. The maximum Gasteiger partial charge on any atom is 0.455 e. The first-order chi connectivity index (χ1) is 9.27. The molecule has 0 saturated carbocycles. The van der Waals surface area contributed by atoms with Gasteiger partial charge < -0.3 is 19.6 Å². The molecule has 0 aromatic rings. The van der Waals surface area contributed by atoms with Gasteiger partial charge in [0.05, 0.1) is 13.1 Å². The molecular formula is C6H12N2O8P4. The van der Waals surface area contributed by atoms with Crippen molar-refractivity contribution in [3.05, 3.63) is 0 Å². The van der Waals surface area contributed by atoms with Crippen molar-refractivity contribution < 1.29 is 37.8 Å². The van der Waals surface area contributed by atoms with Crippen LogP contribution >= 0.6 is 32.7 Å². The summed E-state index contributed by atoms with van der Waals surface area (Å²) < 4.78 is 42.8. The predicted molar refractivity (Wildman–Crippen MR) is 62.3 cm³/mol. The lowest BCUT2D eigenvalue weighted by molar-refractivity contribution is -0.189. The summed E-state index contributed by atoms with van der Waals surface area (Å²) in [6, 6.07) is 0. The molecule has 0 bridgehead atoms. The normalized spacial score (nSPS) is 14.5. The molecule has 20 heavy (non-hydrogen) atoms. The van der Waals surface area contributed by atoms with Gasteiger partial charge in [-0.1, -0.05) is 12.8 Å². The van der Waals surface area contributed by atoms with Crippen LogP contribution < -0.4 is 19.6 Å². The summed E-state index contributed by atoms with van der Waals surface area (Å²) in [7, 11) is -12.7. The molecule has 0 aromatic heterocycles. The van der Waals surface area contributed by atoms with Gasteiger partial charge in [0.15, 0.2) is 0 Å². The van der Waals surface area contributed by atoms with E-state index in [4.69, 9.17) is 0 Å². The van der Waals surface area contributed by atoms with Gasteiger partial charge in [-0.25, -0.2) is 0 Å². The molecule has 10 nitrogen and oxygen atoms in total. The lowest BCUT2D eigenvalue weighted by Gasteiger charge is -2.04. The van der Waals surface area contributed by atoms with Crippen LogP contribution in [0, 0.1) is 0 Å². The van der Waals surface area contributed by atoms with Crippen molar-refractivity contribution in [1.82, 2.24) is 8.88 Å². The molecule has 0 N–H and O–H groups in total. The van der Waals surface area contributed by atoms with Crippen molar-refractivity contribution >= 4 is 32.7 Å². The highest BCUT2D eigenvalue weighted by atomic mass is 31.2. The van der Waals surface area contributed by atoms with Gasteiger partial charge in [-0.15, -0.1) is 0 Å². The molecule has 0 aliphatic carbocycles. The van der Waals surface area contributed by atoms with Gasteiger partial charge in [0.1, 0.15) is 8.88 Å². The number of nitrogens with zero attached hydrogens (tertiary/aromatic N) is 2. The van der Waals surface area contributed by atoms with E-state index in [0.29, 0.717) is 21.7 Å². The molecule has 0 aromatic carbocycles. The Morgan fingerprint density at radius 2 is 0.800 bits per heavy atom. The molecule has 0 fully saturated rings. The first-order valence-electron chi connectivity index (χ1n) is 5.39. The van der Waals surface area contributed by atoms with E-state index < -0.39 is 32.7 Å². The summed E-state index contributed by atoms with van der Waals surface area (Å²) in [6.07, 6.45) is 1.45. The third-order valence-electron chi connectivity index (χ3n) is 2.22. The molecule has 4 atom stereocenters. The highest BCUT2D eigenvalue weighted by molar-refractivity contribution is 7.50. The van der Waals surface area contributed by atoms with E-state index in [-0.39, 0.29) is 25.9 Å². The van der Waals surface area contributed by atoms with Crippen LogP contribution in [0.25, 0.3) is 0 Å². The van der Waals surface area contributed by atoms with E-state index in [0.717, 1.165) is 0 Å². The van der Waals surface area contributed by atoms with Gasteiger partial charge in [0.25, 0.3) is 0 Å². The summed E-state index contributed by atoms with van der Waals surface area (Å²) in [5.74, 6) is 0. The molecule has 0 amide bonds. The highest BCUT2D eigenvalue weighted by Crippen LogP contribution is 2.33. The Bertz CT molecular complexity index is 329. The summed E-state index contributed by atoms with van der Waals surface area (Å²) in [5, 5.41) is 0. The molecule has 0 aliphatic heterocycles. The molecule has 114 valence electrons. The van der Waals surface area contributed by atoms with E-state index in [9.17, 15) is 37.8 Å². The molecule has 0 aliphatic rings. The number of unbranched alkanes of at least 4 members (excludes halogenated alkanes) is 3. The average Bonchev–Trinajstić information content (AvgIpc) is 2.30. The standard InChI is InChI=1S/C6H12N2O8P4/c9-17(10)7(18(11)12)5-3-1-2-4-6-8(19(13)14)20(15)16/h1-6H2. The van der Waals surface area contributed by atoms with Gasteiger partial charge in [-0.3, -0.25) is 0 Å². The summed E-state index contributed by atoms with van der Waals surface area (Å²) in [6.45, 7) is -0.348. The molecule has 0 rings (SSSR count). The van der Waals surface area contributed by atoms with E-state index in [1.807, 2.05) is 0 Å². The first kappa shape index (κ1) is 20.2. The summed E-state index contributed by atoms with van der Waals surface area (Å²) in [5.41, 5.74) is 0. The zero-order chi connectivity index (χ0) is 15.7. The minimum atomic E-state index is -3.19. The fourth-order valence-corrected chi connectivity index (χ4v) is 3.48. The maximum atomic E-state index is 10.5. The van der Waals surface area contributed by atoms with Crippen molar-refractivity contribution in [2.45, 2.75) is 25.7 Å². The maximum absolute atomic E-state index is 10.5.